The second kappa shape index (κ2) is 4.07. The second-order valence-electron chi connectivity index (χ2n) is 3.72. The molecule has 0 bridgehead atoms. The number of halogens is 1. The van der Waals surface area contributed by atoms with Crippen LogP contribution in [0.15, 0.2) is 24.5 Å². The fourth-order valence-corrected chi connectivity index (χ4v) is 1.82. The highest BCUT2D eigenvalue weighted by atomic mass is 35.5. The molecule has 13 heavy (non-hydrogen) atoms. The van der Waals surface area contributed by atoms with E-state index in [4.69, 9.17) is 0 Å². The molecular formula is C10H15ClN2. The first-order valence-electron chi connectivity index (χ1n) is 4.42. The van der Waals surface area contributed by atoms with Crippen LogP contribution < -0.4 is 5.32 Å². The van der Waals surface area contributed by atoms with Gasteiger partial charge in [-0.1, -0.05) is 6.92 Å². The Kier molecular flexibility index (Phi) is 3.28. The van der Waals surface area contributed by atoms with Gasteiger partial charge in [0.25, 0.3) is 0 Å². The number of hydrogen-bond donors (Lipinski definition) is 1. The largest absolute Gasteiger partial charge is 0.316 e. The molecule has 2 rings (SSSR count). The van der Waals surface area contributed by atoms with Gasteiger partial charge in [0.15, 0.2) is 0 Å². The lowest BCUT2D eigenvalue weighted by atomic mass is 9.82. The van der Waals surface area contributed by atoms with E-state index < -0.39 is 0 Å². The first kappa shape index (κ1) is 10.5. The van der Waals surface area contributed by atoms with Crippen molar-refractivity contribution in [2.75, 3.05) is 13.1 Å². The summed E-state index contributed by atoms with van der Waals surface area (Å²) in [6, 6.07) is 4.24. The van der Waals surface area contributed by atoms with Crippen molar-refractivity contribution in [2.24, 2.45) is 0 Å². The Morgan fingerprint density at radius 2 is 2.08 bits per heavy atom. The lowest BCUT2D eigenvalue weighted by Crippen LogP contribution is -2.24. The van der Waals surface area contributed by atoms with Crippen LogP contribution in [0.25, 0.3) is 0 Å². The monoisotopic (exact) mass is 198 g/mol. The maximum Gasteiger partial charge on any atom is 0.0270 e. The summed E-state index contributed by atoms with van der Waals surface area (Å²) < 4.78 is 0. The van der Waals surface area contributed by atoms with E-state index in [0.29, 0.717) is 5.41 Å². The average molecular weight is 199 g/mol. The van der Waals surface area contributed by atoms with E-state index in [2.05, 4.69) is 29.4 Å². The van der Waals surface area contributed by atoms with Crippen LogP contribution in [-0.2, 0) is 5.41 Å². The molecule has 1 N–H and O–H groups in total. The number of nitrogens with one attached hydrogen (secondary N) is 1. The molecule has 72 valence electrons. The van der Waals surface area contributed by atoms with Crippen LogP contribution in [0.3, 0.4) is 0 Å². The molecule has 1 atom stereocenters. The van der Waals surface area contributed by atoms with Gasteiger partial charge in [0.2, 0.25) is 0 Å². The Bertz CT molecular complexity index is 255. The van der Waals surface area contributed by atoms with Crippen molar-refractivity contribution in [1.82, 2.24) is 10.3 Å². The zero-order chi connectivity index (χ0) is 8.44. The van der Waals surface area contributed by atoms with Crippen LogP contribution in [0, 0.1) is 0 Å². The maximum atomic E-state index is 4.03. The van der Waals surface area contributed by atoms with Gasteiger partial charge in [-0.15, -0.1) is 12.4 Å². The molecule has 2 heterocycles. The lowest BCUT2D eigenvalue weighted by Gasteiger charge is -2.22. The summed E-state index contributed by atoms with van der Waals surface area (Å²) in [6.45, 7) is 4.54. The molecule has 1 fully saturated rings. The van der Waals surface area contributed by atoms with Crippen LogP contribution in [0.5, 0.6) is 0 Å². The van der Waals surface area contributed by atoms with Gasteiger partial charge in [-0.25, -0.2) is 0 Å². The van der Waals surface area contributed by atoms with Crippen LogP contribution >= 0.6 is 12.4 Å². The van der Waals surface area contributed by atoms with E-state index in [0.717, 1.165) is 13.1 Å². The minimum absolute atomic E-state index is 0. The molecule has 1 aliphatic rings. The van der Waals surface area contributed by atoms with Crippen LogP contribution in [0.1, 0.15) is 18.9 Å². The minimum Gasteiger partial charge on any atom is -0.316 e. The van der Waals surface area contributed by atoms with E-state index >= 15 is 0 Å². The van der Waals surface area contributed by atoms with Crippen molar-refractivity contribution in [3.8, 4) is 0 Å². The molecule has 0 saturated carbocycles. The fraction of sp³-hybridized carbons (Fsp3) is 0.500. The summed E-state index contributed by atoms with van der Waals surface area (Å²) in [5.74, 6) is 0. The zero-order valence-corrected chi connectivity index (χ0v) is 8.60. The van der Waals surface area contributed by atoms with Gasteiger partial charge in [0.05, 0.1) is 0 Å². The number of rotatable bonds is 1. The summed E-state index contributed by atoms with van der Waals surface area (Å²) in [4.78, 5) is 4.03. The standard InChI is InChI=1S/C10H14N2.ClH/c1-10(4-7-12-8-10)9-2-5-11-6-3-9;/h2-3,5-6,12H,4,7-8H2,1H3;1H. The van der Waals surface area contributed by atoms with Gasteiger partial charge in [-0.3, -0.25) is 4.98 Å². The predicted molar refractivity (Wildman–Crippen MR) is 56.3 cm³/mol. The third kappa shape index (κ3) is 2.01. The van der Waals surface area contributed by atoms with Gasteiger partial charge in [-0.05, 0) is 30.7 Å². The van der Waals surface area contributed by atoms with Gasteiger partial charge >= 0.3 is 0 Å². The highest BCUT2D eigenvalue weighted by molar-refractivity contribution is 5.85. The molecule has 2 nitrogen and oxygen atoms in total. The highest BCUT2D eigenvalue weighted by Gasteiger charge is 2.29. The topological polar surface area (TPSA) is 24.9 Å². The number of aromatic nitrogens is 1. The molecule has 0 aliphatic carbocycles. The molecule has 1 aromatic heterocycles. The van der Waals surface area contributed by atoms with Crippen molar-refractivity contribution >= 4 is 12.4 Å². The smallest absolute Gasteiger partial charge is 0.0270 e. The summed E-state index contributed by atoms with van der Waals surface area (Å²) in [6.07, 6.45) is 4.98. The molecule has 0 amide bonds. The molecule has 1 saturated heterocycles. The predicted octanol–water partition coefficient (Wildman–Crippen LogP) is 1.75. The molecule has 1 aliphatic heterocycles. The lowest BCUT2D eigenvalue weighted by molar-refractivity contribution is 0.524. The first-order chi connectivity index (χ1) is 5.81. The van der Waals surface area contributed by atoms with Crippen LogP contribution in [-0.4, -0.2) is 18.1 Å². The molecule has 1 aromatic rings. The summed E-state index contributed by atoms with van der Waals surface area (Å²) in [5.41, 5.74) is 1.74. The van der Waals surface area contributed by atoms with Crippen LogP contribution in [0.4, 0.5) is 0 Å². The number of hydrogen-bond acceptors (Lipinski definition) is 2. The molecule has 1 unspecified atom stereocenters. The summed E-state index contributed by atoms with van der Waals surface area (Å²) in [5, 5.41) is 3.39. The van der Waals surface area contributed by atoms with Crippen LogP contribution in [0.2, 0.25) is 0 Å². The van der Waals surface area contributed by atoms with Gasteiger partial charge < -0.3 is 5.32 Å². The van der Waals surface area contributed by atoms with Crippen molar-refractivity contribution in [1.29, 1.82) is 0 Å². The molecule has 0 aromatic carbocycles. The van der Waals surface area contributed by atoms with E-state index in [1.807, 2.05) is 12.4 Å². The van der Waals surface area contributed by atoms with Crippen molar-refractivity contribution in [2.45, 2.75) is 18.8 Å². The Morgan fingerprint density at radius 3 is 2.62 bits per heavy atom. The third-order valence-corrected chi connectivity index (χ3v) is 2.75. The van der Waals surface area contributed by atoms with Gasteiger partial charge in [-0.2, -0.15) is 0 Å². The normalized spacial score (nSPS) is 26.8. The second-order valence-corrected chi connectivity index (χ2v) is 3.72. The fourth-order valence-electron chi connectivity index (χ4n) is 1.82. The maximum absolute atomic E-state index is 4.03. The van der Waals surface area contributed by atoms with Gasteiger partial charge in [0, 0.05) is 24.4 Å². The van der Waals surface area contributed by atoms with E-state index in [-0.39, 0.29) is 12.4 Å². The molecular weight excluding hydrogens is 184 g/mol. The van der Waals surface area contributed by atoms with E-state index in [1.165, 1.54) is 12.0 Å². The molecule has 0 spiro atoms. The minimum atomic E-state index is 0. The quantitative estimate of drug-likeness (QED) is 0.744. The Labute approximate surface area is 85.2 Å². The summed E-state index contributed by atoms with van der Waals surface area (Å²) in [7, 11) is 0. The Balaban J connectivity index is 0.000000845. The van der Waals surface area contributed by atoms with Crippen molar-refractivity contribution in [3.05, 3.63) is 30.1 Å². The Morgan fingerprint density at radius 1 is 1.38 bits per heavy atom. The number of nitrogens with zero attached hydrogens (tertiary/aromatic N) is 1. The molecule has 0 radical (unpaired) electrons. The summed E-state index contributed by atoms with van der Waals surface area (Å²) >= 11 is 0. The van der Waals surface area contributed by atoms with E-state index in [1.54, 1.807) is 0 Å². The number of pyridine rings is 1. The zero-order valence-electron chi connectivity index (χ0n) is 7.79. The first-order valence-corrected chi connectivity index (χ1v) is 4.42. The SMILES string of the molecule is CC1(c2ccncc2)CCNC1.Cl. The average Bonchev–Trinajstić information content (AvgIpc) is 2.55. The molecule has 3 heteroatoms. The highest BCUT2D eigenvalue weighted by Crippen LogP contribution is 2.28. The van der Waals surface area contributed by atoms with Gasteiger partial charge in [0.1, 0.15) is 0 Å². The van der Waals surface area contributed by atoms with E-state index in [9.17, 15) is 0 Å². The van der Waals surface area contributed by atoms with Crippen molar-refractivity contribution < 1.29 is 0 Å². The Hall–Kier alpha value is -0.600. The third-order valence-electron chi connectivity index (χ3n) is 2.75. The van der Waals surface area contributed by atoms with Crippen molar-refractivity contribution in [3.63, 3.8) is 0 Å².